The monoisotopic (exact) mass is 518 g/mol. The summed E-state index contributed by atoms with van der Waals surface area (Å²) >= 11 is 0. The third kappa shape index (κ3) is 12.3. The highest BCUT2D eigenvalue weighted by atomic mass is 16.6. The average Bonchev–Trinajstić information content (AvgIpc) is 2.88. The maximum Gasteiger partial charge on any atom is 0.313 e. The molecule has 0 fully saturated rings. The number of pyridine rings is 1. The Morgan fingerprint density at radius 2 is 1.54 bits per heavy atom. The molecule has 0 spiro atoms. The van der Waals surface area contributed by atoms with Gasteiger partial charge in [0.05, 0.1) is 59.2 Å². The number of nitrogens with two attached hydrogens (primary N) is 1. The Hall–Kier alpha value is -3.49. The molecule has 1 heterocycles. The minimum Gasteiger partial charge on any atom is -0.424 e. The summed E-state index contributed by atoms with van der Waals surface area (Å²) < 4.78 is 26.3. The number of aromatic nitrogens is 1. The topological polar surface area (TPSA) is 168 Å². The third-order valence-corrected chi connectivity index (χ3v) is 4.49. The zero-order chi connectivity index (χ0) is 26.7. The number of benzene rings is 1. The maximum absolute atomic E-state index is 12.2. The molecule has 202 valence electrons. The number of methoxy groups -OCH3 is 1. The molecule has 0 saturated carbocycles. The molecule has 1 amide bonds. The lowest BCUT2D eigenvalue weighted by Gasteiger charge is -2.08. The summed E-state index contributed by atoms with van der Waals surface area (Å²) in [5.41, 5.74) is 6.57. The first kappa shape index (κ1) is 29.7. The van der Waals surface area contributed by atoms with Gasteiger partial charge in [0.25, 0.3) is 0 Å². The smallest absolute Gasteiger partial charge is 0.313 e. The highest BCUT2D eigenvalue weighted by Crippen LogP contribution is 2.30. The Labute approximate surface area is 215 Å². The lowest BCUT2D eigenvalue weighted by atomic mass is 10.3. The highest BCUT2D eigenvalue weighted by molar-refractivity contribution is 5.91. The van der Waals surface area contributed by atoms with Crippen molar-refractivity contribution < 1.29 is 33.3 Å². The second-order valence-corrected chi connectivity index (χ2v) is 7.40. The number of likely N-dealkylation sites (N-methyl/N-ethyl adjacent to an activating group) is 1. The zero-order valence-corrected chi connectivity index (χ0v) is 21.1. The number of nitrogen functional groups attached to an aromatic ring is 1. The number of rotatable bonds is 18. The summed E-state index contributed by atoms with van der Waals surface area (Å²) in [6, 6.07) is 9.84. The number of para-hydroxylation sites is 1. The predicted octanol–water partition coefficient (Wildman–Crippen LogP) is 2.23. The fourth-order valence-electron chi connectivity index (χ4n) is 2.72. The minimum absolute atomic E-state index is 0.0587. The van der Waals surface area contributed by atoms with E-state index in [1.165, 1.54) is 0 Å². The van der Waals surface area contributed by atoms with Crippen LogP contribution in [0.25, 0.3) is 0 Å². The number of hydrogen-bond donors (Lipinski definition) is 3. The van der Waals surface area contributed by atoms with Gasteiger partial charge in [-0.2, -0.15) is 0 Å². The largest absolute Gasteiger partial charge is 0.424 e. The van der Waals surface area contributed by atoms with E-state index in [9.17, 15) is 9.59 Å². The molecule has 0 aliphatic carbocycles. The predicted molar refractivity (Wildman–Crippen MR) is 136 cm³/mol. The number of anilines is 2. The molecule has 0 atom stereocenters. The Kier molecular flexibility index (Phi) is 14.4. The van der Waals surface area contributed by atoms with Gasteiger partial charge in [-0.15, -0.1) is 10.2 Å². The molecule has 13 heteroatoms. The molecule has 4 N–H and O–H groups in total. The number of carbonyl (C=O) groups is 2. The van der Waals surface area contributed by atoms with Gasteiger partial charge in [0.2, 0.25) is 5.91 Å². The molecule has 37 heavy (non-hydrogen) atoms. The summed E-state index contributed by atoms with van der Waals surface area (Å²) in [5, 5.41) is 13.6. The van der Waals surface area contributed by atoms with E-state index in [0.717, 1.165) is 0 Å². The van der Waals surface area contributed by atoms with Gasteiger partial charge >= 0.3 is 5.97 Å². The number of nitrogens with one attached hydrogen (secondary N) is 2. The summed E-state index contributed by atoms with van der Waals surface area (Å²) in [6.07, 6.45) is 0.0587. The summed E-state index contributed by atoms with van der Waals surface area (Å²) in [4.78, 5) is 28.0. The first-order valence-corrected chi connectivity index (χ1v) is 11.7. The van der Waals surface area contributed by atoms with Crippen molar-refractivity contribution in [3.05, 3.63) is 36.4 Å². The van der Waals surface area contributed by atoms with Crippen LogP contribution >= 0.6 is 0 Å². The second-order valence-electron chi connectivity index (χ2n) is 7.40. The van der Waals surface area contributed by atoms with Gasteiger partial charge in [-0.25, -0.2) is 4.98 Å². The van der Waals surface area contributed by atoms with Crippen LogP contribution in [0.3, 0.4) is 0 Å². The van der Waals surface area contributed by atoms with Crippen LogP contribution in [0, 0.1) is 0 Å². The molecule has 0 radical (unpaired) electrons. The van der Waals surface area contributed by atoms with Crippen molar-refractivity contribution in [1.82, 2.24) is 10.3 Å². The first-order valence-electron chi connectivity index (χ1n) is 11.7. The van der Waals surface area contributed by atoms with Gasteiger partial charge in [-0.05, 0) is 31.3 Å². The molecule has 13 nitrogen and oxygen atoms in total. The first-order chi connectivity index (χ1) is 18.0. The van der Waals surface area contributed by atoms with Crippen molar-refractivity contribution >= 4 is 34.9 Å². The lowest BCUT2D eigenvalue weighted by molar-refractivity contribution is -0.135. The zero-order valence-electron chi connectivity index (χ0n) is 21.1. The highest BCUT2D eigenvalue weighted by Gasteiger charge is 2.10. The molecule has 0 saturated heterocycles. The minimum atomic E-state index is -0.474. The molecule has 1 aromatic heterocycles. The summed E-state index contributed by atoms with van der Waals surface area (Å²) in [5.74, 6) is -0.0988. The van der Waals surface area contributed by atoms with E-state index in [4.69, 9.17) is 29.4 Å². The quantitative estimate of drug-likeness (QED) is 0.115. The van der Waals surface area contributed by atoms with Crippen molar-refractivity contribution in [3.8, 4) is 5.75 Å². The van der Waals surface area contributed by atoms with Crippen LogP contribution in [0.2, 0.25) is 0 Å². The average molecular weight is 519 g/mol. The summed E-state index contributed by atoms with van der Waals surface area (Å²) in [7, 11) is 3.28. The number of carbonyl (C=O) groups excluding carboxylic acids is 2. The van der Waals surface area contributed by atoms with Gasteiger partial charge in [0.15, 0.2) is 11.6 Å². The molecule has 1 aromatic carbocycles. The number of esters is 1. The van der Waals surface area contributed by atoms with Crippen LogP contribution in [-0.4, -0.2) is 83.8 Å². The third-order valence-electron chi connectivity index (χ3n) is 4.49. The molecule has 0 aliphatic rings. The van der Waals surface area contributed by atoms with E-state index in [-0.39, 0.29) is 37.0 Å². The fraction of sp³-hybridized carbons (Fsp3) is 0.458. The molecule has 2 aromatic rings. The molecular weight excluding hydrogens is 484 g/mol. The molecule has 0 unspecified atom stereocenters. The van der Waals surface area contributed by atoms with E-state index in [2.05, 4.69) is 25.8 Å². The standard InChI is InChI=1S/C24H34N6O7/c1-26-17-22(31)27-21-8-7-19(24(25)28-21)30-29-18-5-3-4-6-20(18)37-23(32)9-10-34-13-14-36-16-15-35-12-11-33-2/h3-8,26H,9-17H2,1-2H3,(H3,25,27,28,31)/b30-29+. The van der Waals surface area contributed by atoms with E-state index in [0.29, 0.717) is 56.8 Å². The SMILES string of the molecule is CNCC(=O)Nc1ccc(/N=N/c2ccccc2OC(=O)CCOCCOCCOCCOC)c(N)n1. The van der Waals surface area contributed by atoms with E-state index in [1.54, 1.807) is 50.6 Å². The van der Waals surface area contributed by atoms with Gasteiger partial charge in [0, 0.05) is 7.11 Å². The van der Waals surface area contributed by atoms with Crippen LogP contribution in [0.1, 0.15) is 6.42 Å². The van der Waals surface area contributed by atoms with E-state index < -0.39 is 5.97 Å². The van der Waals surface area contributed by atoms with Crippen molar-refractivity contribution in [2.75, 3.05) is 78.0 Å². The molecule has 2 rings (SSSR count). The molecule has 0 aliphatic heterocycles. The van der Waals surface area contributed by atoms with E-state index >= 15 is 0 Å². The molecule has 0 bridgehead atoms. The van der Waals surface area contributed by atoms with Crippen molar-refractivity contribution in [3.63, 3.8) is 0 Å². The van der Waals surface area contributed by atoms with Crippen LogP contribution in [-0.2, 0) is 28.5 Å². The van der Waals surface area contributed by atoms with Gasteiger partial charge < -0.3 is 40.1 Å². The number of nitrogens with zero attached hydrogens (tertiary/aromatic N) is 3. The van der Waals surface area contributed by atoms with Gasteiger partial charge in [0.1, 0.15) is 17.2 Å². The van der Waals surface area contributed by atoms with E-state index in [1.807, 2.05) is 0 Å². The fourth-order valence-corrected chi connectivity index (χ4v) is 2.72. The Bertz CT molecular complexity index is 1010. The second kappa shape index (κ2) is 17.9. The van der Waals surface area contributed by atoms with Gasteiger partial charge in [-0.1, -0.05) is 12.1 Å². The van der Waals surface area contributed by atoms with Crippen molar-refractivity contribution in [1.29, 1.82) is 0 Å². The number of azo groups is 1. The lowest BCUT2D eigenvalue weighted by Crippen LogP contribution is -2.25. The van der Waals surface area contributed by atoms with Crippen molar-refractivity contribution in [2.24, 2.45) is 10.2 Å². The molecular formula is C24H34N6O7. The maximum atomic E-state index is 12.2. The summed E-state index contributed by atoms with van der Waals surface area (Å²) in [6.45, 7) is 3.10. The Balaban J connectivity index is 1.76. The number of amides is 1. The number of ether oxygens (including phenoxy) is 5. The normalized spacial score (nSPS) is 11.1. The van der Waals surface area contributed by atoms with Crippen molar-refractivity contribution in [2.45, 2.75) is 6.42 Å². The van der Waals surface area contributed by atoms with Gasteiger partial charge in [-0.3, -0.25) is 9.59 Å². The van der Waals surface area contributed by atoms with Crippen LogP contribution < -0.4 is 21.1 Å². The Morgan fingerprint density at radius 3 is 2.22 bits per heavy atom. The van der Waals surface area contributed by atoms with Crippen LogP contribution in [0.15, 0.2) is 46.6 Å². The Morgan fingerprint density at radius 1 is 0.892 bits per heavy atom. The number of hydrogen-bond acceptors (Lipinski definition) is 12. The van der Waals surface area contributed by atoms with Crippen LogP contribution in [0.4, 0.5) is 23.0 Å². The van der Waals surface area contributed by atoms with Crippen LogP contribution in [0.5, 0.6) is 5.75 Å².